The number of rotatable bonds is 5. The van der Waals surface area contributed by atoms with Crippen molar-refractivity contribution in [1.82, 2.24) is 9.97 Å². The third-order valence-corrected chi connectivity index (χ3v) is 6.29. The number of ether oxygens (including phenoxy) is 1. The molecular formula is C17H24N4O2S2. The molecule has 0 aromatic carbocycles. The largest absolute Gasteiger partial charge is 0.382 e. The van der Waals surface area contributed by atoms with Gasteiger partial charge < -0.3 is 15.5 Å². The summed E-state index contributed by atoms with van der Waals surface area (Å²) in [6, 6.07) is 0.0120. The molecule has 0 aliphatic heterocycles. The molecule has 8 heteroatoms. The lowest BCUT2D eigenvalue weighted by Gasteiger charge is -2.17. The molecule has 6 nitrogen and oxygen atoms in total. The van der Waals surface area contributed by atoms with Gasteiger partial charge in [0, 0.05) is 12.0 Å². The Kier molecular flexibility index (Phi) is 5.81. The number of aryl methyl sites for hydroxylation is 1. The highest BCUT2D eigenvalue weighted by Gasteiger charge is 2.23. The fourth-order valence-corrected chi connectivity index (χ4v) is 5.22. The van der Waals surface area contributed by atoms with Crippen LogP contribution in [0.2, 0.25) is 0 Å². The zero-order valence-corrected chi connectivity index (χ0v) is 16.4. The van der Waals surface area contributed by atoms with Gasteiger partial charge in [0.1, 0.15) is 10.7 Å². The highest BCUT2D eigenvalue weighted by Crippen LogP contribution is 2.35. The predicted molar refractivity (Wildman–Crippen MR) is 106 cm³/mol. The number of methoxy groups -OCH3 is 1. The van der Waals surface area contributed by atoms with Crippen LogP contribution >= 0.6 is 23.1 Å². The van der Waals surface area contributed by atoms with E-state index in [4.69, 9.17) is 10.5 Å². The number of nitrogens with one attached hydrogen (secondary N) is 1. The molecule has 3 N–H and O–H groups in total. The first-order valence-electron chi connectivity index (χ1n) is 8.46. The van der Waals surface area contributed by atoms with E-state index in [2.05, 4.69) is 21.9 Å². The Labute approximate surface area is 155 Å². The van der Waals surface area contributed by atoms with Crippen molar-refractivity contribution in [3.63, 3.8) is 0 Å². The van der Waals surface area contributed by atoms with Crippen LogP contribution in [0.3, 0.4) is 0 Å². The molecule has 136 valence electrons. The Bertz CT molecular complexity index is 843. The number of thiophene rings is 1. The van der Waals surface area contributed by atoms with Crippen molar-refractivity contribution in [2.24, 2.45) is 16.6 Å². The summed E-state index contributed by atoms with van der Waals surface area (Å²) in [5, 5.41) is 1.27. The normalized spacial score (nSPS) is 19.2. The molecule has 2 aromatic heterocycles. The number of H-pyrrole nitrogens is 1. The number of thioether (sulfide) groups is 1. The number of aromatic amines is 1. The van der Waals surface area contributed by atoms with Crippen LogP contribution in [0.5, 0.6) is 0 Å². The van der Waals surface area contributed by atoms with E-state index in [1.54, 1.807) is 18.4 Å². The van der Waals surface area contributed by atoms with Crippen molar-refractivity contribution >= 4 is 38.5 Å². The van der Waals surface area contributed by atoms with Crippen LogP contribution in [0, 0.1) is 5.92 Å². The molecule has 0 fully saturated rings. The van der Waals surface area contributed by atoms with Gasteiger partial charge in [0.25, 0.3) is 5.56 Å². The number of nitrogens with zero attached hydrogens (tertiary/aromatic N) is 2. The Morgan fingerprint density at radius 1 is 1.60 bits per heavy atom. The van der Waals surface area contributed by atoms with Crippen molar-refractivity contribution in [2.75, 3.05) is 13.7 Å². The third-order valence-electron chi connectivity index (χ3n) is 4.33. The number of hydrogen-bond acceptors (Lipinski definition) is 6. The number of aromatic nitrogens is 2. The summed E-state index contributed by atoms with van der Waals surface area (Å²) in [5.74, 6) is 1.82. The maximum absolute atomic E-state index is 12.5. The fraction of sp³-hybridized carbons (Fsp3) is 0.588. The lowest BCUT2D eigenvalue weighted by molar-refractivity contribution is 0.186. The van der Waals surface area contributed by atoms with Crippen molar-refractivity contribution in [3.8, 4) is 0 Å². The van der Waals surface area contributed by atoms with Gasteiger partial charge in [0.05, 0.1) is 23.8 Å². The van der Waals surface area contributed by atoms with Crippen molar-refractivity contribution in [1.29, 1.82) is 0 Å². The second kappa shape index (κ2) is 7.88. The summed E-state index contributed by atoms with van der Waals surface area (Å²) in [6.07, 6.45) is 3.17. The first kappa shape index (κ1) is 18.4. The lowest BCUT2D eigenvalue weighted by atomic mass is 9.89. The summed E-state index contributed by atoms with van der Waals surface area (Å²) < 4.78 is 5.05. The molecule has 2 aromatic rings. The van der Waals surface area contributed by atoms with Crippen LogP contribution in [-0.4, -0.2) is 34.9 Å². The van der Waals surface area contributed by atoms with E-state index in [1.807, 2.05) is 6.92 Å². The quantitative estimate of drug-likeness (QED) is 0.614. The molecule has 0 saturated heterocycles. The van der Waals surface area contributed by atoms with Crippen LogP contribution in [0.15, 0.2) is 9.79 Å². The van der Waals surface area contributed by atoms with Gasteiger partial charge in [0.2, 0.25) is 0 Å². The smallest absolute Gasteiger partial charge is 0.259 e. The molecule has 25 heavy (non-hydrogen) atoms. The van der Waals surface area contributed by atoms with E-state index in [0.29, 0.717) is 29.3 Å². The fourth-order valence-electron chi connectivity index (χ4n) is 3.14. The molecule has 1 aliphatic carbocycles. The minimum Gasteiger partial charge on any atom is -0.382 e. The molecule has 0 spiro atoms. The number of fused-ring (bicyclic) bond motifs is 3. The van der Waals surface area contributed by atoms with Gasteiger partial charge in [0.15, 0.2) is 5.17 Å². The Balaban J connectivity index is 1.79. The molecule has 0 bridgehead atoms. The van der Waals surface area contributed by atoms with E-state index < -0.39 is 0 Å². The highest BCUT2D eigenvalue weighted by molar-refractivity contribution is 8.13. The summed E-state index contributed by atoms with van der Waals surface area (Å²) >= 11 is 3.05. The van der Waals surface area contributed by atoms with E-state index in [1.165, 1.54) is 22.2 Å². The van der Waals surface area contributed by atoms with Crippen LogP contribution in [0.25, 0.3) is 10.2 Å². The molecule has 0 radical (unpaired) electrons. The van der Waals surface area contributed by atoms with Gasteiger partial charge in [-0.15, -0.1) is 11.3 Å². The zero-order chi connectivity index (χ0) is 18.0. The highest BCUT2D eigenvalue weighted by atomic mass is 32.2. The number of nitrogens with two attached hydrogens (primary N) is 1. The van der Waals surface area contributed by atoms with Crippen LogP contribution in [0.1, 0.15) is 36.5 Å². The summed E-state index contributed by atoms with van der Waals surface area (Å²) in [7, 11) is 1.64. The molecule has 3 rings (SSSR count). The Morgan fingerprint density at radius 2 is 2.40 bits per heavy atom. The summed E-state index contributed by atoms with van der Waals surface area (Å²) in [5.41, 5.74) is 7.12. The lowest BCUT2D eigenvalue weighted by Crippen LogP contribution is -2.17. The first-order valence-corrected chi connectivity index (χ1v) is 10.3. The third kappa shape index (κ3) is 4.24. The van der Waals surface area contributed by atoms with E-state index in [-0.39, 0.29) is 11.6 Å². The molecular weight excluding hydrogens is 356 g/mol. The molecule has 0 saturated carbocycles. The van der Waals surface area contributed by atoms with Crippen LogP contribution in [0.4, 0.5) is 0 Å². The SMILES string of the molecule is COC[C@H](C)N=C(N)SCc1nc2sc3c(c2c(=O)[nH]1)CC[C@@H](C)C3. The topological polar surface area (TPSA) is 93.4 Å². The average Bonchev–Trinajstić information content (AvgIpc) is 2.90. The van der Waals surface area contributed by atoms with Crippen LogP contribution in [-0.2, 0) is 23.3 Å². The van der Waals surface area contributed by atoms with Crippen LogP contribution < -0.4 is 11.3 Å². The standard InChI is InChI=1S/C17H24N4O2S2/c1-9-4-5-11-12(6-9)25-16-14(11)15(22)20-13(21-16)8-24-17(18)19-10(2)7-23-3/h9-10H,4-8H2,1-3H3,(H2,18,19)(H,20,21,22)/t9-,10+/m1/s1. The second-order valence-electron chi connectivity index (χ2n) is 6.60. The van der Waals surface area contributed by atoms with Crippen molar-refractivity contribution < 1.29 is 4.74 Å². The summed E-state index contributed by atoms with van der Waals surface area (Å²) in [6.45, 7) is 4.74. The average molecular weight is 381 g/mol. The first-order chi connectivity index (χ1) is 12.0. The van der Waals surface area contributed by atoms with E-state index in [9.17, 15) is 4.79 Å². The predicted octanol–water partition coefficient (Wildman–Crippen LogP) is 2.69. The second-order valence-corrected chi connectivity index (χ2v) is 8.68. The Hall–Kier alpha value is -1.38. The zero-order valence-electron chi connectivity index (χ0n) is 14.8. The molecule has 0 unspecified atom stereocenters. The van der Waals surface area contributed by atoms with E-state index in [0.717, 1.165) is 29.5 Å². The Morgan fingerprint density at radius 3 is 3.16 bits per heavy atom. The van der Waals surface area contributed by atoms with Crippen molar-refractivity contribution in [2.45, 2.75) is 44.9 Å². The number of amidine groups is 1. The van der Waals surface area contributed by atoms with Gasteiger partial charge >= 0.3 is 0 Å². The maximum Gasteiger partial charge on any atom is 0.259 e. The molecule has 2 heterocycles. The number of hydrogen-bond donors (Lipinski definition) is 2. The number of aliphatic imine (C=N–C) groups is 1. The molecule has 1 aliphatic rings. The minimum absolute atomic E-state index is 0.0120. The molecule has 2 atom stereocenters. The molecule has 0 amide bonds. The van der Waals surface area contributed by atoms with Gasteiger partial charge in [-0.05, 0) is 37.7 Å². The van der Waals surface area contributed by atoms with Gasteiger partial charge in [-0.25, -0.2) is 4.98 Å². The van der Waals surface area contributed by atoms with Gasteiger partial charge in [-0.3, -0.25) is 9.79 Å². The summed E-state index contributed by atoms with van der Waals surface area (Å²) in [4.78, 5) is 26.6. The minimum atomic E-state index is -0.0316. The monoisotopic (exact) mass is 380 g/mol. The van der Waals surface area contributed by atoms with Gasteiger partial charge in [-0.1, -0.05) is 18.7 Å². The van der Waals surface area contributed by atoms with Gasteiger partial charge in [-0.2, -0.15) is 0 Å². The van der Waals surface area contributed by atoms with E-state index >= 15 is 0 Å². The maximum atomic E-state index is 12.5. The van der Waals surface area contributed by atoms with Crippen molar-refractivity contribution in [3.05, 3.63) is 26.6 Å².